The van der Waals surface area contributed by atoms with Crippen molar-refractivity contribution in [1.29, 1.82) is 0 Å². The first kappa shape index (κ1) is 12.9. The predicted molar refractivity (Wildman–Crippen MR) is 65.2 cm³/mol. The zero-order valence-corrected chi connectivity index (χ0v) is 10.5. The highest BCUT2D eigenvalue weighted by atomic mass is 16.6. The summed E-state index contributed by atoms with van der Waals surface area (Å²) >= 11 is 0. The van der Waals surface area contributed by atoms with Crippen molar-refractivity contribution in [3.8, 4) is 5.75 Å². The number of ether oxygens (including phenoxy) is 2. The minimum atomic E-state index is -0.765. The molecule has 1 amide bonds. The summed E-state index contributed by atoms with van der Waals surface area (Å²) in [6.07, 6.45) is -0.511. The van der Waals surface area contributed by atoms with Crippen LogP contribution in [0.4, 0.5) is 4.79 Å². The van der Waals surface area contributed by atoms with Gasteiger partial charge >= 0.3 is 6.09 Å². The minimum Gasteiger partial charge on any atom is -0.410 e. The molecule has 1 N–H and O–H groups in total. The molecular weight excluding hydrogens is 234 g/mol. The molecule has 0 radical (unpaired) electrons. The van der Waals surface area contributed by atoms with Crippen LogP contribution in [0.3, 0.4) is 0 Å². The van der Waals surface area contributed by atoms with Crippen LogP contribution in [0.2, 0.25) is 0 Å². The maximum atomic E-state index is 12.1. The summed E-state index contributed by atoms with van der Waals surface area (Å²) < 4.78 is 10.7. The highest BCUT2D eigenvalue weighted by molar-refractivity contribution is 5.72. The van der Waals surface area contributed by atoms with Crippen molar-refractivity contribution in [3.05, 3.63) is 30.3 Å². The molecule has 98 valence electrons. The molecule has 18 heavy (non-hydrogen) atoms. The van der Waals surface area contributed by atoms with Crippen LogP contribution in [0.1, 0.15) is 13.8 Å². The largest absolute Gasteiger partial charge is 0.417 e. The number of hydrogen-bond donors (Lipinski definition) is 1. The molecular formula is C13H17NO4. The van der Waals surface area contributed by atoms with E-state index in [2.05, 4.69) is 0 Å². The van der Waals surface area contributed by atoms with Crippen LogP contribution < -0.4 is 4.74 Å². The zero-order valence-electron chi connectivity index (χ0n) is 10.5. The first-order valence-corrected chi connectivity index (χ1v) is 5.85. The number of nitrogens with zero attached hydrogens (tertiary/aromatic N) is 1. The van der Waals surface area contributed by atoms with E-state index in [0.29, 0.717) is 12.4 Å². The number of carbonyl (C=O) groups excluding carboxylic acids is 1. The zero-order chi connectivity index (χ0) is 13.2. The van der Waals surface area contributed by atoms with Gasteiger partial charge in [0.1, 0.15) is 11.5 Å². The Balaban J connectivity index is 2.12. The number of amides is 1. The SMILES string of the molecule is CC1(C)OCC(CO)N1C(=O)Oc1ccccc1. The lowest BCUT2D eigenvalue weighted by Gasteiger charge is -2.31. The van der Waals surface area contributed by atoms with Gasteiger partial charge in [-0.1, -0.05) is 18.2 Å². The quantitative estimate of drug-likeness (QED) is 0.867. The average molecular weight is 251 g/mol. The van der Waals surface area contributed by atoms with Crippen LogP contribution in [0.5, 0.6) is 5.75 Å². The summed E-state index contributed by atoms with van der Waals surface area (Å²) in [7, 11) is 0. The Labute approximate surface area is 106 Å². The second kappa shape index (κ2) is 4.96. The van der Waals surface area contributed by atoms with E-state index in [4.69, 9.17) is 9.47 Å². The molecule has 1 saturated heterocycles. The molecule has 0 aromatic heterocycles. The summed E-state index contributed by atoms with van der Waals surface area (Å²) in [5.74, 6) is 0.474. The normalized spacial score (nSPS) is 21.9. The van der Waals surface area contributed by atoms with E-state index >= 15 is 0 Å². The van der Waals surface area contributed by atoms with Gasteiger partial charge in [-0.3, -0.25) is 4.90 Å². The number of para-hydroxylation sites is 1. The van der Waals surface area contributed by atoms with Crippen molar-refractivity contribution in [2.75, 3.05) is 13.2 Å². The fraction of sp³-hybridized carbons (Fsp3) is 0.462. The highest BCUT2D eigenvalue weighted by Crippen LogP contribution is 2.28. The van der Waals surface area contributed by atoms with Gasteiger partial charge in [0.25, 0.3) is 0 Å². The third-order valence-electron chi connectivity index (χ3n) is 2.93. The van der Waals surface area contributed by atoms with Crippen molar-refractivity contribution in [2.45, 2.75) is 25.6 Å². The molecule has 0 saturated carbocycles. The first-order chi connectivity index (χ1) is 8.54. The molecule has 1 atom stereocenters. The Bertz CT molecular complexity index is 418. The van der Waals surface area contributed by atoms with Gasteiger partial charge in [-0.05, 0) is 26.0 Å². The first-order valence-electron chi connectivity index (χ1n) is 5.85. The Morgan fingerprint density at radius 2 is 2.17 bits per heavy atom. The molecule has 1 aromatic rings. The van der Waals surface area contributed by atoms with E-state index in [-0.39, 0.29) is 12.6 Å². The number of carbonyl (C=O) groups is 1. The van der Waals surface area contributed by atoms with E-state index < -0.39 is 11.8 Å². The number of rotatable bonds is 2. The van der Waals surface area contributed by atoms with Crippen LogP contribution in [-0.4, -0.2) is 41.1 Å². The summed E-state index contributed by atoms with van der Waals surface area (Å²) in [5, 5.41) is 9.25. The van der Waals surface area contributed by atoms with Gasteiger partial charge in [0, 0.05) is 0 Å². The Morgan fingerprint density at radius 1 is 1.50 bits per heavy atom. The number of aliphatic hydroxyl groups is 1. The molecule has 0 aliphatic carbocycles. The van der Waals surface area contributed by atoms with Crippen molar-refractivity contribution < 1.29 is 19.4 Å². The topological polar surface area (TPSA) is 59.0 Å². The van der Waals surface area contributed by atoms with E-state index in [1.54, 1.807) is 38.1 Å². The van der Waals surface area contributed by atoms with Crippen LogP contribution in [0.15, 0.2) is 30.3 Å². The standard InChI is InChI=1S/C13H17NO4/c1-13(2)14(10(8-15)9-17-13)12(16)18-11-6-4-3-5-7-11/h3-7,10,15H,8-9H2,1-2H3. The maximum Gasteiger partial charge on any atom is 0.417 e. The van der Waals surface area contributed by atoms with Crippen molar-refractivity contribution in [1.82, 2.24) is 4.90 Å². The average Bonchev–Trinajstić information content (AvgIpc) is 2.65. The summed E-state index contributed by atoms with van der Waals surface area (Å²) in [6.45, 7) is 3.71. The molecule has 1 fully saturated rings. The Morgan fingerprint density at radius 3 is 2.78 bits per heavy atom. The van der Waals surface area contributed by atoms with Crippen molar-refractivity contribution in [3.63, 3.8) is 0 Å². The third kappa shape index (κ3) is 2.47. The van der Waals surface area contributed by atoms with Crippen LogP contribution in [-0.2, 0) is 4.74 Å². The minimum absolute atomic E-state index is 0.146. The van der Waals surface area contributed by atoms with Gasteiger partial charge in [0.2, 0.25) is 0 Å². The van der Waals surface area contributed by atoms with Crippen molar-refractivity contribution >= 4 is 6.09 Å². The second-order valence-electron chi connectivity index (χ2n) is 4.65. The monoisotopic (exact) mass is 251 g/mol. The number of aliphatic hydroxyl groups excluding tert-OH is 1. The summed E-state index contributed by atoms with van der Waals surface area (Å²) in [5.41, 5.74) is -0.765. The predicted octanol–water partition coefficient (Wildman–Crippen LogP) is 1.61. The van der Waals surface area contributed by atoms with E-state index in [1.165, 1.54) is 4.90 Å². The fourth-order valence-electron chi connectivity index (χ4n) is 2.03. The molecule has 2 rings (SSSR count). The fourth-order valence-corrected chi connectivity index (χ4v) is 2.03. The lowest BCUT2D eigenvalue weighted by atomic mass is 10.2. The van der Waals surface area contributed by atoms with Gasteiger partial charge in [-0.25, -0.2) is 4.79 Å². The summed E-state index contributed by atoms with van der Waals surface area (Å²) in [6, 6.07) is 8.47. The van der Waals surface area contributed by atoms with Gasteiger partial charge < -0.3 is 14.6 Å². The van der Waals surface area contributed by atoms with Crippen LogP contribution in [0, 0.1) is 0 Å². The second-order valence-corrected chi connectivity index (χ2v) is 4.65. The van der Waals surface area contributed by atoms with Crippen LogP contribution in [0.25, 0.3) is 0 Å². The van der Waals surface area contributed by atoms with Gasteiger partial charge in [-0.2, -0.15) is 0 Å². The van der Waals surface area contributed by atoms with E-state index in [1.807, 2.05) is 6.07 Å². The number of benzene rings is 1. The molecule has 5 heteroatoms. The molecule has 0 spiro atoms. The van der Waals surface area contributed by atoms with Gasteiger partial charge in [0.15, 0.2) is 0 Å². The van der Waals surface area contributed by atoms with E-state index in [9.17, 15) is 9.90 Å². The number of hydrogen-bond acceptors (Lipinski definition) is 4. The van der Waals surface area contributed by atoms with Gasteiger partial charge in [0.05, 0.1) is 19.3 Å². The van der Waals surface area contributed by atoms with E-state index in [0.717, 1.165) is 0 Å². The van der Waals surface area contributed by atoms with Gasteiger partial charge in [-0.15, -0.1) is 0 Å². The Kier molecular flexibility index (Phi) is 3.54. The molecule has 1 heterocycles. The third-order valence-corrected chi connectivity index (χ3v) is 2.93. The molecule has 5 nitrogen and oxygen atoms in total. The Hall–Kier alpha value is -1.59. The van der Waals surface area contributed by atoms with Crippen molar-refractivity contribution in [2.24, 2.45) is 0 Å². The maximum absolute atomic E-state index is 12.1. The highest BCUT2D eigenvalue weighted by Gasteiger charge is 2.44. The molecule has 1 aliphatic rings. The molecule has 1 unspecified atom stereocenters. The smallest absolute Gasteiger partial charge is 0.410 e. The lowest BCUT2D eigenvalue weighted by Crippen LogP contribution is -2.50. The molecule has 1 aliphatic heterocycles. The molecule has 0 bridgehead atoms. The lowest BCUT2D eigenvalue weighted by molar-refractivity contribution is -0.0416. The van der Waals surface area contributed by atoms with Crippen LogP contribution >= 0.6 is 0 Å². The molecule has 1 aromatic carbocycles. The summed E-state index contributed by atoms with van der Waals surface area (Å²) in [4.78, 5) is 13.5.